The maximum Gasteiger partial charge on any atom is 0.0640 e. The molecular weight excluding hydrogens is 514 g/mol. The van der Waals surface area contributed by atoms with Gasteiger partial charge in [0.1, 0.15) is 0 Å². The van der Waals surface area contributed by atoms with Crippen LogP contribution in [0.4, 0.5) is 0 Å². The van der Waals surface area contributed by atoms with E-state index in [2.05, 4.69) is 62.5 Å². The van der Waals surface area contributed by atoms with Crippen LogP contribution in [0, 0.1) is 0 Å². The third-order valence-corrected chi connectivity index (χ3v) is 7.64. The summed E-state index contributed by atoms with van der Waals surface area (Å²) in [6, 6.07) is -0.000735. The molecule has 2 N–H and O–H groups in total. The first-order valence-corrected chi connectivity index (χ1v) is 18.3. The second kappa shape index (κ2) is 37.9. The Kier molecular flexibility index (Phi) is 36.8. The van der Waals surface area contributed by atoms with Gasteiger partial charge < -0.3 is 15.2 Å². The normalized spacial score (nSPS) is 13.1. The maximum absolute atomic E-state index is 6.15. The van der Waals surface area contributed by atoms with Crippen LogP contribution >= 0.6 is 0 Å². The quantitative estimate of drug-likeness (QED) is 0.0601. The molecule has 246 valence electrons. The summed E-state index contributed by atoms with van der Waals surface area (Å²) in [6.07, 6.45) is 49.2. The minimum Gasteiger partial charge on any atom is -0.380 e. The zero-order valence-corrected chi connectivity index (χ0v) is 28.4. The molecular formula is C39H73NO2. The Morgan fingerprint density at radius 3 is 1.07 bits per heavy atom. The number of allylic oxidation sites excluding steroid dienone is 8. The van der Waals surface area contributed by atoms with Crippen LogP contribution in [0.1, 0.15) is 168 Å². The van der Waals surface area contributed by atoms with E-state index in [1.807, 2.05) is 0 Å². The number of ether oxygens (including phenoxy) is 2. The van der Waals surface area contributed by atoms with Crippen molar-refractivity contribution in [2.45, 2.75) is 174 Å². The fourth-order valence-corrected chi connectivity index (χ4v) is 4.90. The zero-order chi connectivity index (χ0) is 30.4. The van der Waals surface area contributed by atoms with E-state index >= 15 is 0 Å². The molecule has 0 aliphatic carbocycles. The van der Waals surface area contributed by atoms with Crippen molar-refractivity contribution in [1.29, 1.82) is 0 Å². The van der Waals surface area contributed by atoms with E-state index in [0.29, 0.717) is 13.2 Å². The first-order valence-electron chi connectivity index (χ1n) is 18.3. The lowest BCUT2D eigenvalue weighted by Gasteiger charge is -2.12. The van der Waals surface area contributed by atoms with Crippen molar-refractivity contribution in [1.82, 2.24) is 0 Å². The predicted octanol–water partition coefficient (Wildman–Crippen LogP) is 12.0. The first-order chi connectivity index (χ1) is 20.8. The van der Waals surface area contributed by atoms with Crippen molar-refractivity contribution < 1.29 is 9.47 Å². The molecule has 0 heterocycles. The lowest BCUT2D eigenvalue weighted by atomic mass is 10.1. The van der Waals surface area contributed by atoms with Crippen molar-refractivity contribution in [2.75, 3.05) is 26.4 Å². The van der Waals surface area contributed by atoms with Crippen LogP contribution in [-0.4, -0.2) is 32.5 Å². The zero-order valence-electron chi connectivity index (χ0n) is 28.4. The van der Waals surface area contributed by atoms with Gasteiger partial charge in [0.15, 0.2) is 0 Å². The summed E-state index contributed by atoms with van der Waals surface area (Å²) in [5.74, 6) is 0. The van der Waals surface area contributed by atoms with Crippen LogP contribution in [0.3, 0.4) is 0 Å². The largest absolute Gasteiger partial charge is 0.380 e. The molecule has 3 heteroatoms. The summed E-state index contributed by atoms with van der Waals surface area (Å²) >= 11 is 0. The van der Waals surface area contributed by atoms with Gasteiger partial charge in [0.2, 0.25) is 0 Å². The third-order valence-electron chi connectivity index (χ3n) is 7.64. The number of rotatable bonds is 34. The van der Waals surface area contributed by atoms with Gasteiger partial charge in [-0.3, -0.25) is 0 Å². The molecule has 0 aromatic rings. The van der Waals surface area contributed by atoms with E-state index in [1.165, 1.54) is 128 Å². The molecule has 0 amide bonds. The van der Waals surface area contributed by atoms with Crippen molar-refractivity contribution in [3.63, 3.8) is 0 Å². The van der Waals surface area contributed by atoms with Crippen LogP contribution in [0.2, 0.25) is 0 Å². The Balaban J connectivity index is 3.26. The van der Waals surface area contributed by atoms with Crippen LogP contribution < -0.4 is 5.73 Å². The van der Waals surface area contributed by atoms with Gasteiger partial charge in [0.05, 0.1) is 19.3 Å². The summed E-state index contributed by atoms with van der Waals surface area (Å²) in [6.45, 7) is 7.41. The van der Waals surface area contributed by atoms with Crippen LogP contribution in [0.25, 0.3) is 0 Å². The van der Waals surface area contributed by atoms with Gasteiger partial charge in [-0.1, -0.05) is 140 Å². The van der Waals surface area contributed by atoms with Gasteiger partial charge in [0, 0.05) is 13.2 Å². The molecule has 3 nitrogen and oxygen atoms in total. The molecule has 0 aromatic heterocycles. The summed E-state index contributed by atoms with van der Waals surface area (Å²) in [7, 11) is 0. The van der Waals surface area contributed by atoms with E-state index < -0.39 is 0 Å². The smallest absolute Gasteiger partial charge is 0.0640 e. The summed E-state index contributed by atoms with van der Waals surface area (Å²) in [5.41, 5.74) is 6.15. The highest BCUT2D eigenvalue weighted by Crippen LogP contribution is 2.10. The number of hydrogen-bond donors (Lipinski definition) is 1. The lowest BCUT2D eigenvalue weighted by Crippen LogP contribution is -2.31. The fourth-order valence-electron chi connectivity index (χ4n) is 4.90. The minimum atomic E-state index is -0.000735. The van der Waals surface area contributed by atoms with Gasteiger partial charge in [-0.05, 0) is 77.0 Å². The average molecular weight is 588 g/mol. The van der Waals surface area contributed by atoms with E-state index in [4.69, 9.17) is 15.2 Å². The van der Waals surface area contributed by atoms with E-state index in [9.17, 15) is 0 Å². The van der Waals surface area contributed by atoms with Gasteiger partial charge >= 0.3 is 0 Å². The molecule has 0 bridgehead atoms. The monoisotopic (exact) mass is 588 g/mol. The molecule has 0 radical (unpaired) electrons. The van der Waals surface area contributed by atoms with Crippen LogP contribution in [0.15, 0.2) is 48.6 Å². The Labute approximate surface area is 263 Å². The molecule has 0 saturated carbocycles. The molecule has 0 aromatic carbocycles. The highest BCUT2D eigenvalue weighted by Gasteiger charge is 2.03. The van der Waals surface area contributed by atoms with E-state index in [-0.39, 0.29) is 6.04 Å². The molecule has 0 spiro atoms. The molecule has 42 heavy (non-hydrogen) atoms. The fraction of sp³-hybridized carbons (Fsp3) is 0.795. The molecule has 0 saturated heterocycles. The van der Waals surface area contributed by atoms with Crippen molar-refractivity contribution in [3.8, 4) is 0 Å². The number of nitrogens with two attached hydrogens (primary N) is 1. The Bertz CT molecular complexity index is 558. The SMILES string of the molecule is CCCCCC=CCC=CCCCCCCCCOCC(N)COCCCCCCCCC=CCC=CCCCCC. The summed E-state index contributed by atoms with van der Waals surface area (Å²) < 4.78 is 11.5. The molecule has 0 aliphatic heterocycles. The topological polar surface area (TPSA) is 44.5 Å². The Morgan fingerprint density at radius 1 is 0.405 bits per heavy atom. The van der Waals surface area contributed by atoms with Gasteiger partial charge in [-0.15, -0.1) is 0 Å². The van der Waals surface area contributed by atoms with Gasteiger partial charge in [-0.2, -0.15) is 0 Å². The van der Waals surface area contributed by atoms with Crippen molar-refractivity contribution >= 4 is 0 Å². The second-order valence-corrected chi connectivity index (χ2v) is 12.1. The van der Waals surface area contributed by atoms with Crippen LogP contribution in [0.5, 0.6) is 0 Å². The maximum atomic E-state index is 6.15. The third kappa shape index (κ3) is 36.9. The lowest BCUT2D eigenvalue weighted by molar-refractivity contribution is 0.0644. The first kappa shape index (κ1) is 40.8. The molecule has 0 unspecified atom stereocenters. The second-order valence-electron chi connectivity index (χ2n) is 12.1. The Morgan fingerprint density at radius 2 is 0.714 bits per heavy atom. The van der Waals surface area contributed by atoms with Crippen molar-refractivity contribution in [2.24, 2.45) is 5.73 Å². The molecule has 0 rings (SSSR count). The van der Waals surface area contributed by atoms with Crippen LogP contribution in [-0.2, 0) is 9.47 Å². The predicted molar refractivity (Wildman–Crippen MR) is 188 cm³/mol. The summed E-state index contributed by atoms with van der Waals surface area (Å²) in [5, 5.41) is 0. The van der Waals surface area contributed by atoms with Crippen molar-refractivity contribution in [3.05, 3.63) is 48.6 Å². The highest BCUT2D eigenvalue weighted by atomic mass is 16.5. The average Bonchev–Trinajstić information content (AvgIpc) is 3.00. The minimum absolute atomic E-state index is 0.000735. The Hall–Kier alpha value is -1.16. The van der Waals surface area contributed by atoms with Gasteiger partial charge in [0.25, 0.3) is 0 Å². The van der Waals surface area contributed by atoms with Gasteiger partial charge in [-0.25, -0.2) is 0 Å². The molecule has 0 atom stereocenters. The number of hydrogen-bond acceptors (Lipinski definition) is 3. The highest BCUT2D eigenvalue weighted by molar-refractivity contribution is 4.93. The standard InChI is InChI=1S/C39H73NO2/c1-3-5-7-9-11-13-15-17-19-21-23-25-27-29-31-33-35-41-37-39(40)38-42-36-34-32-30-28-26-24-22-20-18-16-14-12-10-8-6-4-2/h11-14,17-20,39H,3-10,15-16,21-38,40H2,1-2H3. The van der Waals surface area contributed by atoms with E-state index in [0.717, 1.165) is 38.9 Å². The molecule has 0 aliphatic rings. The molecule has 0 fully saturated rings. The number of unbranched alkanes of at least 4 members (excludes halogenated alkanes) is 18. The van der Waals surface area contributed by atoms with E-state index in [1.54, 1.807) is 0 Å². The summed E-state index contributed by atoms with van der Waals surface area (Å²) in [4.78, 5) is 0.